The van der Waals surface area contributed by atoms with Crippen molar-refractivity contribution in [3.8, 4) is 0 Å². The molecular formula is C24H25ClN4O6S. The predicted octanol–water partition coefficient (Wildman–Crippen LogP) is 2.23. The van der Waals surface area contributed by atoms with E-state index in [4.69, 9.17) is 11.6 Å². The number of halogens is 1. The number of amides is 4. The van der Waals surface area contributed by atoms with Gasteiger partial charge in [-0.15, -0.1) is 0 Å². The Balaban J connectivity index is 1.38. The number of sulfonamides is 1. The maximum atomic E-state index is 13.0. The van der Waals surface area contributed by atoms with E-state index in [1.54, 1.807) is 31.2 Å². The molecule has 2 aliphatic heterocycles. The molecule has 2 aliphatic rings. The summed E-state index contributed by atoms with van der Waals surface area (Å²) in [6.45, 7) is 2.94. The lowest BCUT2D eigenvalue weighted by Gasteiger charge is -2.34. The summed E-state index contributed by atoms with van der Waals surface area (Å²) in [5.74, 6) is -1.09. The van der Waals surface area contributed by atoms with Gasteiger partial charge in [0.1, 0.15) is 12.6 Å². The Morgan fingerprint density at radius 2 is 1.53 bits per heavy atom. The molecule has 190 valence electrons. The molecule has 0 aliphatic carbocycles. The van der Waals surface area contributed by atoms with Crippen molar-refractivity contribution in [3.05, 3.63) is 59.1 Å². The maximum Gasteiger partial charge on any atom is 0.332 e. The quantitative estimate of drug-likeness (QED) is 0.416. The van der Waals surface area contributed by atoms with Gasteiger partial charge in [-0.25, -0.2) is 13.2 Å². The van der Waals surface area contributed by atoms with E-state index < -0.39 is 40.5 Å². The first kappa shape index (κ1) is 25.8. The largest absolute Gasteiger partial charge is 0.338 e. The number of ketones is 1. The number of imide groups is 1. The van der Waals surface area contributed by atoms with Crippen LogP contribution in [0.2, 0.25) is 5.02 Å². The van der Waals surface area contributed by atoms with Gasteiger partial charge in [0.15, 0.2) is 5.78 Å². The Morgan fingerprint density at radius 3 is 2.08 bits per heavy atom. The summed E-state index contributed by atoms with van der Waals surface area (Å²) in [6.07, 6.45) is 0. The van der Waals surface area contributed by atoms with Crippen LogP contribution in [0, 0.1) is 0 Å². The molecule has 1 unspecified atom stereocenters. The molecule has 1 atom stereocenters. The lowest BCUT2D eigenvalue weighted by molar-refractivity contribution is -0.137. The van der Waals surface area contributed by atoms with Crippen LogP contribution in [0.3, 0.4) is 0 Å². The molecule has 12 heteroatoms. The Hall–Kier alpha value is -3.28. The third-order valence-electron chi connectivity index (χ3n) is 6.34. The number of anilines is 1. The predicted molar refractivity (Wildman–Crippen MR) is 132 cm³/mol. The van der Waals surface area contributed by atoms with Crippen LogP contribution in [-0.2, 0) is 19.6 Å². The molecule has 4 rings (SSSR count). The van der Waals surface area contributed by atoms with E-state index in [0.29, 0.717) is 16.3 Å². The van der Waals surface area contributed by atoms with Gasteiger partial charge in [0, 0.05) is 42.5 Å². The van der Waals surface area contributed by atoms with Crippen molar-refractivity contribution in [2.75, 3.05) is 37.6 Å². The summed E-state index contributed by atoms with van der Waals surface area (Å²) in [5.41, 5.74) is 0.912. The molecule has 0 bridgehead atoms. The molecule has 0 spiro atoms. The fourth-order valence-corrected chi connectivity index (χ4v) is 5.78. The second-order valence-corrected chi connectivity index (χ2v) is 11.0. The van der Waals surface area contributed by atoms with Crippen LogP contribution in [0.25, 0.3) is 0 Å². The molecule has 0 radical (unpaired) electrons. The number of carbonyl (C=O) groups is 4. The molecule has 2 aromatic rings. The SMILES string of the molecule is CC(=O)c1ccc(S(=O)(=O)N2CCN(C(=O)CN3C(=O)C(C)N(c4ccc(Cl)cc4)C3=O)CC2)cc1. The van der Waals surface area contributed by atoms with Gasteiger partial charge in [0.25, 0.3) is 5.91 Å². The summed E-state index contributed by atoms with van der Waals surface area (Å²) in [4.78, 5) is 53.8. The summed E-state index contributed by atoms with van der Waals surface area (Å²) in [5, 5.41) is 0.491. The van der Waals surface area contributed by atoms with Gasteiger partial charge in [0.05, 0.1) is 4.90 Å². The molecule has 0 aromatic heterocycles. The van der Waals surface area contributed by atoms with Crippen LogP contribution in [0.5, 0.6) is 0 Å². The summed E-state index contributed by atoms with van der Waals surface area (Å²) < 4.78 is 27.2. The molecule has 36 heavy (non-hydrogen) atoms. The minimum atomic E-state index is -3.79. The topological polar surface area (TPSA) is 115 Å². The zero-order valence-electron chi connectivity index (χ0n) is 19.8. The van der Waals surface area contributed by atoms with Crippen molar-refractivity contribution in [1.82, 2.24) is 14.1 Å². The van der Waals surface area contributed by atoms with E-state index >= 15 is 0 Å². The van der Waals surface area contributed by atoms with Gasteiger partial charge in [-0.2, -0.15) is 4.31 Å². The fourth-order valence-electron chi connectivity index (χ4n) is 4.23. The Bertz CT molecular complexity index is 1310. The van der Waals surface area contributed by atoms with Crippen molar-refractivity contribution in [2.24, 2.45) is 0 Å². The van der Waals surface area contributed by atoms with E-state index in [-0.39, 0.29) is 36.9 Å². The smallest absolute Gasteiger partial charge is 0.332 e. The molecule has 2 saturated heterocycles. The first-order valence-corrected chi connectivity index (χ1v) is 13.1. The van der Waals surface area contributed by atoms with Crippen molar-refractivity contribution in [2.45, 2.75) is 24.8 Å². The van der Waals surface area contributed by atoms with Crippen molar-refractivity contribution in [1.29, 1.82) is 0 Å². The normalized spacial score (nSPS) is 19.2. The molecule has 2 fully saturated rings. The number of hydrogen-bond acceptors (Lipinski definition) is 6. The zero-order valence-corrected chi connectivity index (χ0v) is 21.3. The molecule has 2 aromatic carbocycles. The molecule has 10 nitrogen and oxygen atoms in total. The summed E-state index contributed by atoms with van der Waals surface area (Å²) >= 11 is 5.91. The highest BCUT2D eigenvalue weighted by atomic mass is 35.5. The minimum absolute atomic E-state index is 0.0665. The highest BCUT2D eigenvalue weighted by Crippen LogP contribution is 2.27. The summed E-state index contributed by atoms with van der Waals surface area (Å²) in [6, 6.07) is 10.8. The Labute approximate surface area is 214 Å². The first-order valence-electron chi connectivity index (χ1n) is 11.3. The van der Waals surface area contributed by atoms with Gasteiger partial charge < -0.3 is 4.90 Å². The average molecular weight is 533 g/mol. The van der Waals surface area contributed by atoms with Crippen LogP contribution in [0.1, 0.15) is 24.2 Å². The Kier molecular flexibility index (Phi) is 7.17. The van der Waals surface area contributed by atoms with E-state index in [0.717, 1.165) is 4.90 Å². The maximum absolute atomic E-state index is 13.0. The van der Waals surface area contributed by atoms with Gasteiger partial charge in [0.2, 0.25) is 15.9 Å². The number of benzene rings is 2. The highest BCUT2D eigenvalue weighted by Gasteiger charge is 2.44. The molecule has 0 N–H and O–H groups in total. The standard InChI is InChI=1S/C24H25ClN4O6S/c1-16-23(32)28(24(33)29(16)20-7-5-19(25)6-8-20)15-22(31)26-11-13-27(14-12-26)36(34,35)21-9-3-18(4-10-21)17(2)30/h3-10,16H,11-15H2,1-2H3. The first-order chi connectivity index (χ1) is 17.0. The van der Waals surface area contributed by atoms with E-state index in [9.17, 15) is 27.6 Å². The highest BCUT2D eigenvalue weighted by molar-refractivity contribution is 7.89. The number of Topliss-reactive ketones (excluding diaryl/α,β-unsaturated/α-hetero) is 1. The van der Waals surface area contributed by atoms with E-state index in [2.05, 4.69) is 0 Å². The number of nitrogens with zero attached hydrogens (tertiary/aromatic N) is 4. The fraction of sp³-hybridized carbons (Fsp3) is 0.333. The third-order valence-corrected chi connectivity index (χ3v) is 8.50. The Morgan fingerprint density at radius 1 is 0.944 bits per heavy atom. The second kappa shape index (κ2) is 10.00. The van der Waals surface area contributed by atoms with Crippen LogP contribution in [0.15, 0.2) is 53.4 Å². The van der Waals surface area contributed by atoms with Crippen molar-refractivity contribution >= 4 is 50.9 Å². The summed E-state index contributed by atoms with van der Waals surface area (Å²) in [7, 11) is -3.79. The monoisotopic (exact) mass is 532 g/mol. The molecule has 2 heterocycles. The number of hydrogen-bond donors (Lipinski definition) is 0. The van der Waals surface area contributed by atoms with Crippen LogP contribution in [-0.4, -0.2) is 84.9 Å². The van der Waals surface area contributed by atoms with Gasteiger partial charge in [-0.1, -0.05) is 23.7 Å². The van der Waals surface area contributed by atoms with Gasteiger partial charge in [-0.05, 0) is 50.2 Å². The van der Waals surface area contributed by atoms with E-state index in [1.165, 1.54) is 45.3 Å². The van der Waals surface area contributed by atoms with E-state index in [1.807, 2.05) is 0 Å². The van der Waals surface area contributed by atoms with Crippen molar-refractivity contribution < 1.29 is 27.6 Å². The molecular weight excluding hydrogens is 508 g/mol. The van der Waals surface area contributed by atoms with Crippen LogP contribution >= 0.6 is 11.6 Å². The second-order valence-electron chi connectivity index (χ2n) is 8.59. The lowest BCUT2D eigenvalue weighted by atomic mass is 10.2. The molecule has 0 saturated carbocycles. The van der Waals surface area contributed by atoms with Gasteiger partial charge in [-0.3, -0.25) is 24.2 Å². The number of carbonyl (C=O) groups excluding carboxylic acids is 4. The van der Waals surface area contributed by atoms with Gasteiger partial charge >= 0.3 is 6.03 Å². The minimum Gasteiger partial charge on any atom is -0.338 e. The number of urea groups is 1. The number of piperazine rings is 1. The molecule has 4 amide bonds. The van der Waals surface area contributed by atoms with Crippen LogP contribution in [0.4, 0.5) is 10.5 Å². The van der Waals surface area contributed by atoms with Crippen molar-refractivity contribution in [3.63, 3.8) is 0 Å². The lowest BCUT2D eigenvalue weighted by Crippen LogP contribution is -2.53. The third kappa shape index (κ3) is 4.86. The number of rotatable bonds is 6. The zero-order chi connectivity index (χ0) is 26.2. The van der Waals surface area contributed by atoms with Crippen LogP contribution < -0.4 is 4.90 Å². The average Bonchev–Trinajstić information content (AvgIpc) is 3.07.